The Morgan fingerprint density at radius 2 is 2.03 bits per heavy atom. The number of amides is 1. The van der Waals surface area contributed by atoms with Crippen molar-refractivity contribution in [1.82, 2.24) is 19.4 Å². The molecule has 3 aromatic rings. The van der Waals surface area contributed by atoms with Gasteiger partial charge in [0, 0.05) is 36.5 Å². The number of hydrogen-bond donors (Lipinski definition) is 0. The van der Waals surface area contributed by atoms with Crippen molar-refractivity contribution in [3.8, 4) is 5.75 Å². The maximum absolute atomic E-state index is 13.3. The summed E-state index contributed by atoms with van der Waals surface area (Å²) in [6.07, 6.45) is -0.453. The Balaban J connectivity index is 1.92. The number of pyridine rings is 1. The lowest BCUT2D eigenvalue weighted by Crippen LogP contribution is -2.34. The number of benzene rings is 1. The van der Waals surface area contributed by atoms with Gasteiger partial charge in [0.15, 0.2) is 12.4 Å². The molecule has 177 valence electrons. The van der Waals surface area contributed by atoms with E-state index >= 15 is 0 Å². The van der Waals surface area contributed by atoms with Crippen molar-refractivity contribution in [3.63, 3.8) is 0 Å². The van der Waals surface area contributed by atoms with E-state index in [1.807, 2.05) is 13.3 Å². The number of hydrogen-bond acceptors (Lipinski definition) is 5. The van der Waals surface area contributed by atoms with E-state index < -0.39 is 24.0 Å². The largest absolute Gasteiger partial charge is 0.609 e. The van der Waals surface area contributed by atoms with E-state index in [0.29, 0.717) is 28.8 Å². The van der Waals surface area contributed by atoms with Crippen LogP contribution in [0.2, 0.25) is 0 Å². The van der Waals surface area contributed by atoms with Crippen LogP contribution in [0.5, 0.6) is 5.75 Å². The lowest BCUT2D eigenvalue weighted by molar-refractivity contribution is -0.153. The fourth-order valence-corrected chi connectivity index (χ4v) is 4.37. The van der Waals surface area contributed by atoms with Gasteiger partial charge in [0.2, 0.25) is 0 Å². The second-order valence-corrected chi connectivity index (χ2v) is 8.70. The minimum absolute atomic E-state index is 0.00809. The molecule has 3 rings (SSSR count). The molecule has 0 N–H and O–H groups in total. The fraction of sp³-hybridized carbons (Fsp3) is 0.364. The molecule has 0 unspecified atom stereocenters. The lowest BCUT2D eigenvalue weighted by atomic mass is 10.2. The number of unbranched alkanes of at least 4 members (excludes halogenated alkanes) is 1. The average Bonchev–Trinajstić information content (AvgIpc) is 3.16. The number of nitrogens with zero attached hydrogens (tertiary/aromatic N) is 4. The molecule has 1 atom stereocenters. The van der Waals surface area contributed by atoms with E-state index in [1.165, 1.54) is 21.7 Å². The summed E-state index contributed by atoms with van der Waals surface area (Å²) >= 11 is -1.81. The summed E-state index contributed by atoms with van der Waals surface area (Å²) in [6.45, 7) is 2.49. The molecule has 0 aliphatic heterocycles. The molecular weight excluding hydrogens is 457 g/mol. The van der Waals surface area contributed by atoms with Crippen LogP contribution in [-0.4, -0.2) is 56.4 Å². The van der Waals surface area contributed by atoms with Crippen molar-refractivity contribution < 1.29 is 27.3 Å². The van der Waals surface area contributed by atoms with Gasteiger partial charge in [-0.15, -0.1) is 0 Å². The molecular formula is C22H24F3N4O3S. The standard InChI is InChI=1S/C22H24F3N4O3S/c1-4-5-12-28(3)21(30)29-18-9-7-6-8-16(18)27-20(29)33(31)13-17-15(2)19(10-11-26-17)32-14-22(23,24)25/h5-11H,4,12-14H2,1-3H3/t33-/m0/s1. The minimum atomic E-state index is -4.48. The predicted octanol–water partition coefficient (Wildman–Crippen LogP) is 4.50. The number of imidazole rings is 1. The molecule has 7 nitrogen and oxygen atoms in total. The van der Waals surface area contributed by atoms with Crippen LogP contribution in [0.4, 0.5) is 18.0 Å². The second-order valence-electron chi connectivity index (χ2n) is 7.35. The maximum atomic E-state index is 13.3. The van der Waals surface area contributed by atoms with Crippen LogP contribution < -0.4 is 4.74 Å². The van der Waals surface area contributed by atoms with Gasteiger partial charge < -0.3 is 14.2 Å². The molecule has 0 saturated carbocycles. The van der Waals surface area contributed by atoms with E-state index in [0.717, 1.165) is 6.42 Å². The first-order valence-electron chi connectivity index (χ1n) is 10.2. The molecule has 1 amide bonds. The van der Waals surface area contributed by atoms with Crippen molar-refractivity contribution in [2.75, 3.05) is 20.2 Å². The van der Waals surface area contributed by atoms with Gasteiger partial charge in [-0.2, -0.15) is 18.2 Å². The van der Waals surface area contributed by atoms with E-state index in [1.54, 1.807) is 38.2 Å². The maximum Gasteiger partial charge on any atom is 0.422 e. The number of rotatable bonds is 8. The molecule has 0 spiro atoms. The summed E-state index contributed by atoms with van der Waals surface area (Å²) in [5.41, 5.74) is 1.67. The third-order valence-electron chi connectivity index (χ3n) is 4.86. The average molecular weight is 482 g/mol. The Kier molecular flexibility index (Phi) is 7.85. The predicted molar refractivity (Wildman–Crippen MR) is 118 cm³/mol. The number of fused-ring (bicyclic) bond motifs is 1. The summed E-state index contributed by atoms with van der Waals surface area (Å²) in [7, 11) is 1.64. The third kappa shape index (κ3) is 5.97. The van der Waals surface area contributed by atoms with Gasteiger partial charge in [0.1, 0.15) is 5.75 Å². The van der Waals surface area contributed by atoms with Crippen LogP contribution in [-0.2, 0) is 16.9 Å². The van der Waals surface area contributed by atoms with E-state index in [2.05, 4.69) is 9.97 Å². The van der Waals surface area contributed by atoms with E-state index in [-0.39, 0.29) is 22.7 Å². The Labute approximate surface area is 192 Å². The lowest BCUT2D eigenvalue weighted by Gasteiger charge is -2.19. The summed E-state index contributed by atoms with van der Waals surface area (Å²) in [5, 5.41) is 0.0485. The zero-order chi connectivity index (χ0) is 24.2. The molecule has 0 aliphatic carbocycles. The summed E-state index contributed by atoms with van der Waals surface area (Å²) in [6, 6.07) is 7.89. The van der Waals surface area contributed by atoms with Crippen LogP contribution in [0.15, 0.2) is 41.7 Å². The fourth-order valence-electron chi connectivity index (χ4n) is 3.12. The van der Waals surface area contributed by atoms with E-state index in [4.69, 9.17) is 4.74 Å². The monoisotopic (exact) mass is 481 g/mol. The molecule has 33 heavy (non-hydrogen) atoms. The van der Waals surface area contributed by atoms with E-state index in [9.17, 15) is 22.5 Å². The smallest absolute Gasteiger partial charge is 0.422 e. The number of carbonyl (C=O) groups excluding carboxylic acids is 1. The molecule has 2 aromatic heterocycles. The molecule has 0 aliphatic rings. The first kappa shape index (κ1) is 24.8. The minimum Gasteiger partial charge on any atom is -0.609 e. The van der Waals surface area contributed by atoms with Gasteiger partial charge in [-0.25, -0.2) is 9.36 Å². The number of halogens is 3. The first-order valence-corrected chi connectivity index (χ1v) is 11.5. The van der Waals surface area contributed by atoms with Gasteiger partial charge >= 0.3 is 17.4 Å². The van der Waals surface area contributed by atoms with Crippen LogP contribution >= 0.6 is 0 Å². The zero-order valence-corrected chi connectivity index (χ0v) is 19.2. The first-order chi connectivity index (χ1) is 15.6. The van der Waals surface area contributed by atoms with Crippen LogP contribution in [0.25, 0.3) is 11.0 Å². The molecule has 2 heterocycles. The number of ether oxygens (including phenoxy) is 1. The number of carbonyl (C=O) groups is 1. The highest BCUT2D eigenvalue weighted by Crippen LogP contribution is 2.27. The number of aromatic nitrogens is 3. The van der Waals surface area contributed by atoms with Gasteiger partial charge in [0.25, 0.3) is 0 Å². The number of para-hydroxylation sites is 2. The Hall–Kier alpha value is -2.79. The van der Waals surface area contributed by atoms with Gasteiger partial charge in [0.05, 0.1) is 16.7 Å². The topological polar surface area (TPSA) is 83.3 Å². The molecule has 0 bridgehead atoms. The SMILES string of the molecule is CC[CH]CN(C)C(=O)n1c([S@@+]([O-])Cc2nccc(OCC(F)(F)F)c2C)nc2ccccc21. The van der Waals surface area contributed by atoms with Gasteiger partial charge in [-0.3, -0.25) is 4.98 Å². The highest BCUT2D eigenvalue weighted by atomic mass is 32.2. The Morgan fingerprint density at radius 1 is 1.30 bits per heavy atom. The normalized spacial score (nSPS) is 12.7. The van der Waals surface area contributed by atoms with Crippen LogP contribution in [0.1, 0.15) is 24.6 Å². The van der Waals surface area contributed by atoms with Crippen molar-refractivity contribution in [2.24, 2.45) is 0 Å². The van der Waals surface area contributed by atoms with Crippen LogP contribution in [0.3, 0.4) is 0 Å². The van der Waals surface area contributed by atoms with Crippen molar-refractivity contribution in [1.29, 1.82) is 0 Å². The third-order valence-corrected chi connectivity index (χ3v) is 6.08. The molecule has 1 aromatic carbocycles. The van der Waals surface area contributed by atoms with Crippen molar-refractivity contribution in [3.05, 3.63) is 54.2 Å². The highest BCUT2D eigenvalue weighted by molar-refractivity contribution is 7.90. The van der Waals surface area contributed by atoms with Crippen molar-refractivity contribution in [2.45, 2.75) is 37.4 Å². The quantitative estimate of drug-likeness (QED) is 0.443. The summed E-state index contributed by atoms with van der Waals surface area (Å²) in [4.78, 5) is 23.2. The van der Waals surface area contributed by atoms with Gasteiger partial charge in [-0.1, -0.05) is 25.5 Å². The second kappa shape index (κ2) is 10.4. The molecule has 1 radical (unpaired) electrons. The summed E-state index contributed by atoms with van der Waals surface area (Å²) < 4.78 is 57.1. The summed E-state index contributed by atoms with van der Waals surface area (Å²) in [5.74, 6) is -0.134. The molecule has 0 fully saturated rings. The molecule has 11 heteroatoms. The number of alkyl halides is 3. The van der Waals surface area contributed by atoms with Crippen LogP contribution in [0, 0.1) is 13.3 Å². The Bertz CT molecular complexity index is 1120. The Morgan fingerprint density at radius 3 is 2.73 bits per heavy atom. The zero-order valence-electron chi connectivity index (χ0n) is 18.4. The highest BCUT2D eigenvalue weighted by Gasteiger charge is 2.31. The van der Waals surface area contributed by atoms with Crippen molar-refractivity contribution >= 4 is 28.2 Å². The molecule has 0 saturated heterocycles. The van der Waals surface area contributed by atoms with Gasteiger partial charge in [-0.05, 0) is 31.5 Å².